The number of morpholine rings is 1. The maximum atomic E-state index is 10.7. The minimum absolute atomic E-state index is 0.272. The van der Waals surface area contributed by atoms with Gasteiger partial charge in [-0.15, -0.1) is 11.3 Å². The van der Waals surface area contributed by atoms with Crippen molar-refractivity contribution in [3.63, 3.8) is 0 Å². The quantitative estimate of drug-likeness (QED) is 0.535. The summed E-state index contributed by atoms with van der Waals surface area (Å²) in [6, 6.07) is 14.0. The molecule has 6 heteroatoms. The highest BCUT2D eigenvalue weighted by Gasteiger charge is 2.17. The number of aromatic hydroxyl groups is 1. The van der Waals surface area contributed by atoms with Crippen molar-refractivity contribution in [1.82, 2.24) is 9.88 Å². The van der Waals surface area contributed by atoms with Gasteiger partial charge in [0.15, 0.2) is 0 Å². The number of pyridine rings is 1. The Balaban J connectivity index is 1.65. The predicted octanol–water partition coefficient (Wildman–Crippen LogP) is 4.11. The minimum atomic E-state index is 0.272. The molecular formula is C23H23N3O2S. The number of phenols is 1. The number of aromatic nitrogens is 1. The molecule has 5 rings (SSSR count). The lowest BCUT2D eigenvalue weighted by molar-refractivity contribution is 0.0346. The zero-order chi connectivity index (χ0) is 19.8. The average Bonchev–Trinajstić information content (AvgIpc) is 3.17. The van der Waals surface area contributed by atoms with Gasteiger partial charge in [0.05, 0.1) is 23.4 Å². The van der Waals surface area contributed by atoms with Gasteiger partial charge in [-0.1, -0.05) is 24.3 Å². The van der Waals surface area contributed by atoms with Crippen molar-refractivity contribution in [3.05, 3.63) is 59.1 Å². The third-order valence-corrected chi connectivity index (χ3v) is 6.58. The summed E-state index contributed by atoms with van der Waals surface area (Å²) in [5.74, 6) is 0.272. The van der Waals surface area contributed by atoms with Crippen LogP contribution in [0.3, 0.4) is 0 Å². The summed E-state index contributed by atoms with van der Waals surface area (Å²) in [6.07, 6.45) is 1.95. The van der Waals surface area contributed by atoms with E-state index < -0.39 is 0 Å². The van der Waals surface area contributed by atoms with Gasteiger partial charge in [0.25, 0.3) is 0 Å². The summed E-state index contributed by atoms with van der Waals surface area (Å²) in [7, 11) is 0. The van der Waals surface area contributed by atoms with Crippen LogP contribution in [0, 0.1) is 0 Å². The summed E-state index contributed by atoms with van der Waals surface area (Å²) >= 11 is 1.78. The van der Waals surface area contributed by atoms with Gasteiger partial charge in [0.2, 0.25) is 0 Å². The highest BCUT2D eigenvalue weighted by Crippen LogP contribution is 2.41. The molecule has 29 heavy (non-hydrogen) atoms. The number of nitrogens with two attached hydrogens (primary N) is 1. The van der Waals surface area contributed by atoms with E-state index in [0.717, 1.165) is 70.5 Å². The molecule has 1 aliphatic heterocycles. The first-order valence-corrected chi connectivity index (χ1v) is 10.7. The van der Waals surface area contributed by atoms with Crippen molar-refractivity contribution in [2.75, 3.05) is 26.3 Å². The molecule has 1 saturated heterocycles. The van der Waals surface area contributed by atoms with Crippen molar-refractivity contribution in [2.24, 2.45) is 5.73 Å². The van der Waals surface area contributed by atoms with E-state index in [9.17, 15) is 5.11 Å². The Kier molecular flexibility index (Phi) is 4.93. The molecule has 1 fully saturated rings. The molecule has 0 unspecified atom stereocenters. The second kappa shape index (κ2) is 7.72. The molecule has 0 spiro atoms. The smallest absolute Gasteiger partial charge is 0.124 e. The number of fused-ring (bicyclic) bond motifs is 3. The van der Waals surface area contributed by atoms with Crippen LogP contribution in [0.2, 0.25) is 0 Å². The molecule has 0 aliphatic carbocycles. The maximum absolute atomic E-state index is 10.7. The highest BCUT2D eigenvalue weighted by atomic mass is 32.1. The number of nitrogens with zero attached hydrogens (tertiary/aromatic N) is 2. The van der Waals surface area contributed by atoms with Crippen LogP contribution in [-0.2, 0) is 17.8 Å². The van der Waals surface area contributed by atoms with Crippen molar-refractivity contribution in [3.8, 4) is 16.9 Å². The lowest BCUT2D eigenvalue weighted by Crippen LogP contribution is -2.35. The zero-order valence-corrected chi connectivity index (χ0v) is 16.9. The number of benzene rings is 2. The Morgan fingerprint density at radius 1 is 1.10 bits per heavy atom. The zero-order valence-electron chi connectivity index (χ0n) is 16.1. The van der Waals surface area contributed by atoms with E-state index in [-0.39, 0.29) is 5.75 Å². The van der Waals surface area contributed by atoms with Crippen molar-refractivity contribution in [1.29, 1.82) is 0 Å². The fourth-order valence-electron chi connectivity index (χ4n) is 4.00. The van der Waals surface area contributed by atoms with E-state index in [0.29, 0.717) is 6.54 Å². The molecule has 0 atom stereocenters. The summed E-state index contributed by atoms with van der Waals surface area (Å²) in [6.45, 7) is 4.95. The topological polar surface area (TPSA) is 71.6 Å². The molecule has 3 heterocycles. The molecule has 148 valence electrons. The second-order valence-corrected chi connectivity index (χ2v) is 8.56. The SMILES string of the molecule is NCc1ccc(-c2c(O)ccc3ncc4sc(CN5CCOCC5)cc4c23)cc1. The molecule has 4 aromatic rings. The van der Waals surface area contributed by atoms with Crippen LogP contribution in [0.25, 0.3) is 32.1 Å². The Morgan fingerprint density at radius 2 is 1.90 bits per heavy atom. The lowest BCUT2D eigenvalue weighted by Gasteiger charge is -2.25. The van der Waals surface area contributed by atoms with Crippen LogP contribution in [-0.4, -0.2) is 41.3 Å². The number of thiophene rings is 1. The summed E-state index contributed by atoms with van der Waals surface area (Å²) in [5.41, 5.74) is 9.51. The Hall–Kier alpha value is -2.51. The molecule has 3 N–H and O–H groups in total. The standard InChI is InChI=1S/C23H23N3O2S/c24-12-15-1-3-16(4-2-15)22-20(27)6-5-19-23(22)18-11-17(29-21(18)13-25-19)14-26-7-9-28-10-8-26/h1-6,11,13,27H,7-10,12,14,24H2. The van der Waals surface area contributed by atoms with Gasteiger partial charge in [-0.05, 0) is 29.3 Å². The molecule has 1 aliphatic rings. The molecular weight excluding hydrogens is 382 g/mol. The first-order chi connectivity index (χ1) is 14.2. The Bertz CT molecular complexity index is 1160. The van der Waals surface area contributed by atoms with Crippen LogP contribution in [0.4, 0.5) is 0 Å². The van der Waals surface area contributed by atoms with Gasteiger partial charge in [-0.3, -0.25) is 9.88 Å². The largest absolute Gasteiger partial charge is 0.507 e. The fourth-order valence-corrected chi connectivity index (χ4v) is 5.08. The predicted molar refractivity (Wildman–Crippen MR) is 118 cm³/mol. The summed E-state index contributed by atoms with van der Waals surface area (Å²) in [4.78, 5) is 8.41. The lowest BCUT2D eigenvalue weighted by atomic mass is 9.96. The molecule has 0 saturated carbocycles. The Morgan fingerprint density at radius 3 is 2.66 bits per heavy atom. The van der Waals surface area contributed by atoms with Crippen LogP contribution >= 0.6 is 11.3 Å². The van der Waals surface area contributed by atoms with Gasteiger partial charge >= 0.3 is 0 Å². The van der Waals surface area contributed by atoms with E-state index in [4.69, 9.17) is 10.5 Å². The van der Waals surface area contributed by atoms with Crippen molar-refractivity contribution in [2.45, 2.75) is 13.1 Å². The van der Waals surface area contributed by atoms with Crippen molar-refractivity contribution < 1.29 is 9.84 Å². The minimum Gasteiger partial charge on any atom is -0.507 e. The van der Waals surface area contributed by atoms with Crippen LogP contribution in [0.1, 0.15) is 10.4 Å². The number of phenolic OH excluding ortho intramolecular Hbond substituents is 1. The van der Waals surface area contributed by atoms with Crippen LogP contribution < -0.4 is 5.73 Å². The van der Waals surface area contributed by atoms with Crippen LogP contribution in [0.5, 0.6) is 5.75 Å². The van der Waals surface area contributed by atoms with Crippen molar-refractivity contribution >= 4 is 32.3 Å². The third-order valence-electron chi connectivity index (χ3n) is 5.52. The number of hydrogen-bond acceptors (Lipinski definition) is 6. The normalized spacial score (nSPS) is 15.3. The van der Waals surface area contributed by atoms with Gasteiger partial charge in [0.1, 0.15) is 5.75 Å². The molecule has 0 amide bonds. The fraction of sp³-hybridized carbons (Fsp3) is 0.261. The number of hydrogen-bond donors (Lipinski definition) is 2. The first kappa shape index (κ1) is 18.5. The molecule has 0 bridgehead atoms. The van der Waals surface area contributed by atoms with E-state index in [2.05, 4.69) is 16.0 Å². The van der Waals surface area contributed by atoms with Gasteiger partial charge in [0, 0.05) is 53.6 Å². The van der Waals surface area contributed by atoms with Gasteiger partial charge in [-0.2, -0.15) is 0 Å². The Labute approximate surface area is 173 Å². The third kappa shape index (κ3) is 3.49. The monoisotopic (exact) mass is 405 g/mol. The second-order valence-electron chi connectivity index (χ2n) is 7.39. The molecule has 2 aromatic heterocycles. The number of rotatable bonds is 4. The first-order valence-electron chi connectivity index (χ1n) is 9.85. The summed E-state index contributed by atoms with van der Waals surface area (Å²) < 4.78 is 6.61. The van der Waals surface area contributed by atoms with Crippen LogP contribution in [0.15, 0.2) is 48.7 Å². The van der Waals surface area contributed by atoms with E-state index in [1.807, 2.05) is 36.5 Å². The van der Waals surface area contributed by atoms with E-state index in [1.54, 1.807) is 17.4 Å². The van der Waals surface area contributed by atoms with E-state index in [1.165, 1.54) is 4.88 Å². The van der Waals surface area contributed by atoms with Gasteiger partial charge < -0.3 is 15.6 Å². The molecule has 0 radical (unpaired) electrons. The maximum Gasteiger partial charge on any atom is 0.124 e. The average molecular weight is 406 g/mol. The van der Waals surface area contributed by atoms with E-state index >= 15 is 0 Å². The highest BCUT2D eigenvalue weighted by molar-refractivity contribution is 7.19. The number of ether oxygens (including phenoxy) is 1. The molecule has 5 nitrogen and oxygen atoms in total. The van der Waals surface area contributed by atoms with Gasteiger partial charge in [-0.25, -0.2) is 0 Å². The molecule has 2 aromatic carbocycles. The summed E-state index contributed by atoms with van der Waals surface area (Å²) in [5, 5.41) is 12.9.